The Hall–Kier alpha value is -3.48. The van der Waals surface area contributed by atoms with Crippen LogP contribution in [0.4, 0.5) is 0 Å². The molecule has 1 fully saturated rings. The standard InChI is InChI=1S/C23H30N6O4/c1-5-33-23(32)17-8-10-28(11-9-17)21(31)14-27(4)20(30)7-6-19-15(2)26-22-18(12-24)13-25-29(22)16(19)3/h13,17H,5-11,14H2,1-4H3. The van der Waals surface area contributed by atoms with Crippen molar-refractivity contribution in [2.24, 2.45) is 5.92 Å². The van der Waals surface area contributed by atoms with E-state index in [2.05, 4.69) is 16.2 Å². The fourth-order valence-electron chi connectivity index (χ4n) is 4.19. The molecular weight excluding hydrogens is 424 g/mol. The SMILES string of the molecule is CCOC(=O)C1CCN(C(=O)CN(C)C(=O)CCc2c(C)nc3c(C#N)cnn3c2C)CC1. The molecule has 0 saturated carbocycles. The minimum atomic E-state index is -0.200. The molecule has 0 unspecified atom stereocenters. The molecule has 0 atom stereocenters. The predicted octanol–water partition coefficient (Wildman–Crippen LogP) is 1.41. The Morgan fingerprint density at radius 3 is 2.61 bits per heavy atom. The van der Waals surface area contributed by atoms with Crippen LogP contribution in [0.15, 0.2) is 6.20 Å². The number of carbonyl (C=O) groups is 3. The van der Waals surface area contributed by atoms with Gasteiger partial charge in [-0.05, 0) is 45.6 Å². The highest BCUT2D eigenvalue weighted by Gasteiger charge is 2.29. The van der Waals surface area contributed by atoms with E-state index >= 15 is 0 Å². The summed E-state index contributed by atoms with van der Waals surface area (Å²) in [6.45, 7) is 6.87. The van der Waals surface area contributed by atoms with Gasteiger partial charge in [-0.3, -0.25) is 14.4 Å². The van der Waals surface area contributed by atoms with Crippen molar-refractivity contribution in [3.05, 3.63) is 28.7 Å². The van der Waals surface area contributed by atoms with Crippen LogP contribution in [0.1, 0.15) is 48.7 Å². The number of rotatable bonds is 7. The lowest BCUT2D eigenvalue weighted by molar-refractivity contribution is -0.151. The van der Waals surface area contributed by atoms with Crippen molar-refractivity contribution in [3.8, 4) is 6.07 Å². The monoisotopic (exact) mass is 454 g/mol. The zero-order valence-corrected chi connectivity index (χ0v) is 19.6. The second kappa shape index (κ2) is 10.4. The van der Waals surface area contributed by atoms with Crippen LogP contribution in [0.2, 0.25) is 0 Å². The summed E-state index contributed by atoms with van der Waals surface area (Å²) < 4.78 is 6.69. The molecule has 33 heavy (non-hydrogen) atoms. The molecule has 0 bridgehead atoms. The van der Waals surface area contributed by atoms with Crippen LogP contribution in [0.25, 0.3) is 5.65 Å². The molecule has 0 spiro atoms. The molecule has 0 aromatic carbocycles. The lowest BCUT2D eigenvalue weighted by Gasteiger charge is -2.32. The maximum Gasteiger partial charge on any atom is 0.309 e. The maximum absolute atomic E-state index is 12.7. The largest absolute Gasteiger partial charge is 0.466 e. The average Bonchev–Trinajstić information content (AvgIpc) is 3.21. The number of likely N-dealkylation sites (tertiary alicyclic amines) is 1. The van der Waals surface area contributed by atoms with Crippen molar-refractivity contribution in [1.82, 2.24) is 24.4 Å². The molecule has 1 aliphatic heterocycles. The molecule has 1 saturated heterocycles. The molecule has 10 heteroatoms. The van der Waals surface area contributed by atoms with E-state index in [1.807, 2.05) is 13.8 Å². The Balaban J connectivity index is 1.54. The van der Waals surface area contributed by atoms with E-state index in [0.29, 0.717) is 50.2 Å². The van der Waals surface area contributed by atoms with Crippen LogP contribution in [0.3, 0.4) is 0 Å². The molecule has 0 aliphatic carbocycles. The van der Waals surface area contributed by atoms with Crippen molar-refractivity contribution in [2.45, 2.75) is 46.5 Å². The van der Waals surface area contributed by atoms with Crippen molar-refractivity contribution < 1.29 is 19.1 Å². The number of nitriles is 1. The van der Waals surface area contributed by atoms with Crippen molar-refractivity contribution in [1.29, 1.82) is 5.26 Å². The second-order valence-electron chi connectivity index (χ2n) is 8.32. The number of aryl methyl sites for hydroxylation is 2. The topological polar surface area (TPSA) is 121 Å². The molecule has 10 nitrogen and oxygen atoms in total. The number of hydrogen-bond donors (Lipinski definition) is 0. The summed E-state index contributed by atoms with van der Waals surface area (Å²) in [4.78, 5) is 44.8. The van der Waals surface area contributed by atoms with E-state index in [9.17, 15) is 19.6 Å². The Morgan fingerprint density at radius 2 is 1.97 bits per heavy atom. The first-order valence-electron chi connectivity index (χ1n) is 11.2. The Kier molecular flexibility index (Phi) is 7.63. The van der Waals surface area contributed by atoms with E-state index in [1.165, 1.54) is 11.1 Å². The van der Waals surface area contributed by atoms with Gasteiger partial charge in [0.05, 0.1) is 25.3 Å². The summed E-state index contributed by atoms with van der Waals surface area (Å²) in [6.07, 6.45) is 3.34. The van der Waals surface area contributed by atoms with Gasteiger partial charge in [0.15, 0.2) is 5.65 Å². The number of amides is 2. The summed E-state index contributed by atoms with van der Waals surface area (Å²) in [6, 6.07) is 2.08. The number of carbonyl (C=O) groups excluding carboxylic acids is 3. The fraction of sp³-hybridized carbons (Fsp3) is 0.565. The number of fused-ring (bicyclic) bond motifs is 1. The first kappa shape index (κ1) is 24.2. The lowest BCUT2D eigenvalue weighted by Crippen LogP contribution is -2.45. The number of ether oxygens (including phenoxy) is 1. The number of hydrogen-bond acceptors (Lipinski definition) is 7. The molecule has 0 N–H and O–H groups in total. The Bertz CT molecular complexity index is 1090. The summed E-state index contributed by atoms with van der Waals surface area (Å²) >= 11 is 0. The third-order valence-electron chi connectivity index (χ3n) is 6.18. The molecule has 3 rings (SSSR count). The molecule has 3 heterocycles. The zero-order valence-electron chi connectivity index (χ0n) is 19.6. The summed E-state index contributed by atoms with van der Waals surface area (Å²) in [5.74, 6) is -0.620. The Morgan fingerprint density at radius 1 is 1.27 bits per heavy atom. The smallest absolute Gasteiger partial charge is 0.309 e. The second-order valence-corrected chi connectivity index (χ2v) is 8.32. The van der Waals surface area contributed by atoms with E-state index < -0.39 is 0 Å². The average molecular weight is 455 g/mol. The fourth-order valence-corrected chi connectivity index (χ4v) is 4.19. The maximum atomic E-state index is 12.7. The van der Waals surface area contributed by atoms with Crippen molar-refractivity contribution in [2.75, 3.05) is 33.3 Å². The predicted molar refractivity (Wildman–Crippen MR) is 119 cm³/mol. The van der Waals surface area contributed by atoms with E-state index in [0.717, 1.165) is 17.0 Å². The molecule has 176 valence electrons. The van der Waals surface area contributed by atoms with Gasteiger partial charge in [-0.1, -0.05) is 0 Å². The highest BCUT2D eigenvalue weighted by molar-refractivity contribution is 5.85. The quantitative estimate of drug-likeness (QED) is 0.580. The first-order chi connectivity index (χ1) is 15.8. The van der Waals surface area contributed by atoms with Crippen LogP contribution in [0, 0.1) is 31.1 Å². The summed E-state index contributed by atoms with van der Waals surface area (Å²) in [5.41, 5.74) is 3.43. The van der Waals surface area contributed by atoms with Gasteiger partial charge in [-0.25, -0.2) is 9.50 Å². The van der Waals surface area contributed by atoms with Gasteiger partial charge >= 0.3 is 5.97 Å². The minimum Gasteiger partial charge on any atom is -0.466 e. The highest BCUT2D eigenvalue weighted by Crippen LogP contribution is 2.20. The van der Waals surface area contributed by atoms with Crippen LogP contribution in [-0.4, -0.2) is 75.5 Å². The van der Waals surface area contributed by atoms with E-state index in [1.54, 1.807) is 23.4 Å². The molecule has 2 aromatic rings. The normalized spacial score (nSPS) is 14.2. The molecular formula is C23H30N6O4. The molecule has 0 radical (unpaired) electrons. The van der Waals surface area contributed by atoms with Crippen molar-refractivity contribution >= 4 is 23.4 Å². The Labute approximate surface area is 193 Å². The van der Waals surface area contributed by atoms with Crippen molar-refractivity contribution in [3.63, 3.8) is 0 Å². The summed E-state index contributed by atoms with van der Waals surface area (Å²) in [5, 5.41) is 13.4. The molecule has 2 aromatic heterocycles. The van der Waals surface area contributed by atoms with Gasteiger partial charge in [0.2, 0.25) is 11.8 Å². The first-order valence-corrected chi connectivity index (χ1v) is 11.2. The van der Waals surface area contributed by atoms with E-state index in [4.69, 9.17) is 4.74 Å². The van der Waals surface area contributed by atoms with Gasteiger partial charge in [-0.15, -0.1) is 0 Å². The molecule has 1 aliphatic rings. The number of piperidine rings is 1. The van der Waals surface area contributed by atoms with Crippen LogP contribution >= 0.6 is 0 Å². The third-order valence-corrected chi connectivity index (χ3v) is 6.18. The number of esters is 1. The highest BCUT2D eigenvalue weighted by atomic mass is 16.5. The van der Waals surface area contributed by atoms with Crippen LogP contribution in [-0.2, 0) is 25.5 Å². The van der Waals surface area contributed by atoms with E-state index in [-0.39, 0.29) is 36.7 Å². The van der Waals surface area contributed by atoms with Gasteiger partial charge < -0.3 is 14.5 Å². The van der Waals surface area contributed by atoms with Gasteiger partial charge in [0.1, 0.15) is 11.6 Å². The number of aromatic nitrogens is 3. The zero-order chi connectivity index (χ0) is 24.1. The summed E-state index contributed by atoms with van der Waals surface area (Å²) in [7, 11) is 1.62. The lowest BCUT2D eigenvalue weighted by atomic mass is 9.97. The third kappa shape index (κ3) is 5.30. The minimum absolute atomic E-state index is 0.00282. The van der Waals surface area contributed by atoms with Gasteiger partial charge in [-0.2, -0.15) is 10.4 Å². The van der Waals surface area contributed by atoms with Gasteiger partial charge in [0, 0.05) is 37.9 Å². The van der Waals surface area contributed by atoms with Gasteiger partial charge in [0.25, 0.3) is 0 Å². The number of likely N-dealkylation sites (N-methyl/N-ethyl adjacent to an activating group) is 1. The molecule has 2 amide bonds. The number of nitrogens with zero attached hydrogens (tertiary/aromatic N) is 6. The van der Waals surface area contributed by atoms with Crippen LogP contribution < -0.4 is 0 Å². The van der Waals surface area contributed by atoms with Crippen LogP contribution in [0.5, 0.6) is 0 Å².